The van der Waals surface area contributed by atoms with Crippen LogP contribution in [0.1, 0.15) is 17.2 Å². The third kappa shape index (κ3) is 3.27. The third-order valence-corrected chi connectivity index (χ3v) is 3.73. The summed E-state index contributed by atoms with van der Waals surface area (Å²) in [7, 11) is 0. The number of rotatable bonds is 4. The number of nitrogens with one attached hydrogen (secondary N) is 1. The summed E-state index contributed by atoms with van der Waals surface area (Å²) in [5.41, 5.74) is 3.78. The van der Waals surface area contributed by atoms with Gasteiger partial charge < -0.3 is 0 Å². The molecule has 0 amide bonds. The molecular weight excluding hydrogens is 305 g/mol. The van der Waals surface area contributed by atoms with E-state index in [1.807, 2.05) is 0 Å². The van der Waals surface area contributed by atoms with Gasteiger partial charge in [0.15, 0.2) is 11.6 Å². The first-order chi connectivity index (χ1) is 9.52. The zero-order chi connectivity index (χ0) is 14.7. The monoisotopic (exact) mass is 316 g/mol. The topological polar surface area (TPSA) is 38.0 Å². The van der Waals surface area contributed by atoms with Crippen molar-refractivity contribution in [2.24, 2.45) is 5.84 Å². The normalized spacial score (nSPS) is 12.4. The van der Waals surface area contributed by atoms with Gasteiger partial charge in [0.2, 0.25) is 0 Å². The van der Waals surface area contributed by atoms with Crippen molar-refractivity contribution in [3.63, 3.8) is 0 Å². The fourth-order valence-electron chi connectivity index (χ4n) is 1.93. The van der Waals surface area contributed by atoms with Crippen LogP contribution in [0.4, 0.5) is 8.78 Å². The van der Waals surface area contributed by atoms with E-state index >= 15 is 0 Å². The van der Waals surface area contributed by atoms with Gasteiger partial charge >= 0.3 is 0 Å². The highest BCUT2D eigenvalue weighted by Crippen LogP contribution is 2.29. The summed E-state index contributed by atoms with van der Waals surface area (Å²) in [6.07, 6.45) is 0.361. The first-order valence-corrected chi connectivity index (χ1v) is 6.62. The molecule has 0 heterocycles. The van der Waals surface area contributed by atoms with Crippen LogP contribution in [-0.4, -0.2) is 0 Å². The predicted molar refractivity (Wildman–Crippen MR) is 76.6 cm³/mol. The second-order valence-corrected chi connectivity index (χ2v) is 5.11. The van der Waals surface area contributed by atoms with Crippen molar-refractivity contribution in [2.45, 2.75) is 12.5 Å². The van der Waals surface area contributed by atoms with E-state index in [0.717, 1.165) is 12.1 Å². The molecule has 106 valence electrons. The maximum absolute atomic E-state index is 13.3. The number of benzene rings is 2. The van der Waals surface area contributed by atoms with Crippen molar-refractivity contribution in [1.82, 2.24) is 5.43 Å². The zero-order valence-electron chi connectivity index (χ0n) is 10.3. The van der Waals surface area contributed by atoms with E-state index in [0.29, 0.717) is 27.6 Å². The van der Waals surface area contributed by atoms with Gasteiger partial charge in [-0.15, -0.1) is 0 Å². The van der Waals surface area contributed by atoms with Crippen molar-refractivity contribution in [1.29, 1.82) is 0 Å². The van der Waals surface area contributed by atoms with Crippen LogP contribution < -0.4 is 11.3 Å². The lowest BCUT2D eigenvalue weighted by atomic mass is 9.99. The van der Waals surface area contributed by atoms with Crippen LogP contribution in [-0.2, 0) is 6.42 Å². The van der Waals surface area contributed by atoms with Gasteiger partial charge in [-0.2, -0.15) is 0 Å². The Morgan fingerprint density at radius 1 is 1.05 bits per heavy atom. The molecular formula is C14H12Cl2F2N2. The second kappa shape index (κ2) is 6.50. The fraction of sp³-hybridized carbons (Fsp3) is 0.143. The molecule has 0 aromatic heterocycles. The van der Waals surface area contributed by atoms with Gasteiger partial charge in [0.05, 0.1) is 6.04 Å². The van der Waals surface area contributed by atoms with E-state index in [-0.39, 0.29) is 0 Å². The van der Waals surface area contributed by atoms with Crippen LogP contribution in [0.25, 0.3) is 0 Å². The Bertz CT molecular complexity index is 600. The molecule has 0 fully saturated rings. The molecule has 0 aliphatic carbocycles. The predicted octanol–water partition coefficient (Wildman–Crippen LogP) is 4.02. The summed E-state index contributed by atoms with van der Waals surface area (Å²) < 4.78 is 26.2. The summed E-state index contributed by atoms with van der Waals surface area (Å²) in [5.74, 6) is 3.66. The smallest absolute Gasteiger partial charge is 0.159 e. The van der Waals surface area contributed by atoms with Crippen molar-refractivity contribution < 1.29 is 8.78 Å². The standard InChI is InChI=1S/C14H12Cl2F2N2/c15-10-2-1-3-11(16)9(10)7-14(20-19)8-4-5-12(17)13(18)6-8/h1-6,14,20H,7,19H2. The van der Waals surface area contributed by atoms with Crippen molar-refractivity contribution >= 4 is 23.2 Å². The Hall–Kier alpha value is -1.20. The molecule has 0 aliphatic heterocycles. The molecule has 20 heavy (non-hydrogen) atoms. The molecule has 1 atom stereocenters. The minimum absolute atomic E-state index is 0.361. The second-order valence-electron chi connectivity index (χ2n) is 4.30. The molecule has 2 rings (SSSR count). The minimum Gasteiger partial charge on any atom is -0.271 e. The number of hydrogen-bond donors (Lipinski definition) is 2. The van der Waals surface area contributed by atoms with Gasteiger partial charge in [0.1, 0.15) is 0 Å². The maximum Gasteiger partial charge on any atom is 0.159 e. The molecule has 0 saturated heterocycles. The Balaban J connectivity index is 2.31. The summed E-state index contributed by atoms with van der Waals surface area (Å²) >= 11 is 12.2. The Kier molecular flexibility index (Phi) is 4.94. The number of hydrogen-bond acceptors (Lipinski definition) is 2. The molecule has 1 unspecified atom stereocenters. The van der Waals surface area contributed by atoms with Gasteiger partial charge in [0.25, 0.3) is 0 Å². The molecule has 3 N–H and O–H groups in total. The third-order valence-electron chi connectivity index (χ3n) is 3.02. The molecule has 0 bridgehead atoms. The quantitative estimate of drug-likeness (QED) is 0.660. The van der Waals surface area contributed by atoms with E-state index < -0.39 is 17.7 Å². The average Bonchev–Trinajstić information content (AvgIpc) is 2.42. The van der Waals surface area contributed by atoms with Gasteiger partial charge in [-0.3, -0.25) is 11.3 Å². The molecule has 2 aromatic rings. The summed E-state index contributed by atoms with van der Waals surface area (Å²) in [5, 5.41) is 1.00. The fourth-order valence-corrected chi connectivity index (χ4v) is 2.49. The first-order valence-electron chi connectivity index (χ1n) is 5.87. The molecule has 2 aromatic carbocycles. The highest BCUT2D eigenvalue weighted by atomic mass is 35.5. The first kappa shape index (κ1) is 15.2. The van der Waals surface area contributed by atoms with Crippen LogP contribution in [0.2, 0.25) is 10.0 Å². The molecule has 6 heteroatoms. The lowest BCUT2D eigenvalue weighted by molar-refractivity contribution is 0.497. The molecule has 0 aliphatic rings. The Labute approximate surface area is 125 Å². The van der Waals surface area contributed by atoms with E-state index in [2.05, 4.69) is 5.43 Å². The molecule has 0 saturated carbocycles. The molecule has 0 radical (unpaired) electrons. The van der Waals surface area contributed by atoms with Crippen molar-refractivity contribution in [2.75, 3.05) is 0 Å². The van der Waals surface area contributed by atoms with E-state index in [9.17, 15) is 8.78 Å². The van der Waals surface area contributed by atoms with Gasteiger partial charge in [0, 0.05) is 10.0 Å². The molecule has 2 nitrogen and oxygen atoms in total. The average molecular weight is 317 g/mol. The van der Waals surface area contributed by atoms with Crippen LogP contribution in [0.15, 0.2) is 36.4 Å². The number of nitrogens with two attached hydrogens (primary N) is 1. The largest absolute Gasteiger partial charge is 0.271 e. The van der Waals surface area contributed by atoms with Gasteiger partial charge in [-0.25, -0.2) is 8.78 Å². The van der Waals surface area contributed by atoms with E-state index in [1.54, 1.807) is 18.2 Å². The van der Waals surface area contributed by atoms with E-state index in [4.69, 9.17) is 29.0 Å². The highest BCUT2D eigenvalue weighted by Gasteiger charge is 2.16. The van der Waals surface area contributed by atoms with Crippen LogP contribution in [0.5, 0.6) is 0 Å². The lowest BCUT2D eigenvalue weighted by Crippen LogP contribution is -2.29. The van der Waals surface area contributed by atoms with Crippen LogP contribution in [0.3, 0.4) is 0 Å². The van der Waals surface area contributed by atoms with Gasteiger partial charge in [-0.1, -0.05) is 35.3 Å². The lowest BCUT2D eigenvalue weighted by Gasteiger charge is -2.18. The summed E-state index contributed by atoms with van der Waals surface area (Å²) in [6, 6.07) is 8.35. The minimum atomic E-state index is -0.923. The van der Waals surface area contributed by atoms with Crippen molar-refractivity contribution in [3.8, 4) is 0 Å². The number of halogens is 4. The SMILES string of the molecule is NNC(Cc1c(Cl)cccc1Cl)c1ccc(F)c(F)c1. The van der Waals surface area contributed by atoms with Crippen molar-refractivity contribution in [3.05, 3.63) is 69.2 Å². The zero-order valence-corrected chi connectivity index (χ0v) is 11.8. The van der Waals surface area contributed by atoms with E-state index in [1.165, 1.54) is 6.07 Å². The van der Waals surface area contributed by atoms with Crippen LogP contribution >= 0.6 is 23.2 Å². The Morgan fingerprint density at radius 2 is 1.70 bits per heavy atom. The summed E-state index contributed by atoms with van der Waals surface area (Å²) in [6.45, 7) is 0. The van der Waals surface area contributed by atoms with Crippen LogP contribution in [0, 0.1) is 11.6 Å². The van der Waals surface area contributed by atoms with Gasteiger partial charge in [-0.05, 0) is 41.8 Å². The highest BCUT2D eigenvalue weighted by molar-refractivity contribution is 6.36. The molecule has 0 spiro atoms. The number of hydrazine groups is 1. The summed E-state index contributed by atoms with van der Waals surface area (Å²) in [4.78, 5) is 0. The Morgan fingerprint density at radius 3 is 2.25 bits per heavy atom. The maximum atomic E-state index is 13.3.